The van der Waals surface area contributed by atoms with Crippen molar-refractivity contribution in [1.29, 1.82) is 5.26 Å². The van der Waals surface area contributed by atoms with Crippen molar-refractivity contribution in [3.63, 3.8) is 0 Å². The van der Waals surface area contributed by atoms with Crippen molar-refractivity contribution in [2.75, 3.05) is 7.11 Å². The van der Waals surface area contributed by atoms with E-state index in [4.69, 9.17) is 10.00 Å². The average Bonchev–Trinajstić information content (AvgIpc) is 2.35. The van der Waals surface area contributed by atoms with Crippen LogP contribution in [-0.2, 0) is 6.54 Å². The summed E-state index contributed by atoms with van der Waals surface area (Å²) in [6.07, 6.45) is -0.447. The van der Waals surface area contributed by atoms with E-state index in [2.05, 4.69) is 11.4 Å². The number of nitriles is 1. The molecule has 1 aromatic rings. The molecule has 4 nitrogen and oxygen atoms in total. The number of hydrogen-bond acceptors (Lipinski definition) is 4. The van der Waals surface area contributed by atoms with Crippen LogP contribution in [0.25, 0.3) is 0 Å². The number of nitrogens with zero attached hydrogens (tertiary/aromatic N) is 1. The highest BCUT2D eigenvalue weighted by Crippen LogP contribution is 2.20. The van der Waals surface area contributed by atoms with Crippen LogP contribution in [0.1, 0.15) is 31.9 Å². The van der Waals surface area contributed by atoms with Gasteiger partial charge in [-0.15, -0.1) is 0 Å². The summed E-state index contributed by atoms with van der Waals surface area (Å²) in [7, 11) is 1.55. The van der Waals surface area contributed by atoms with Crippen LogP contribution in [0.15, 0.2) is 18.2 Å². The highest BCUT2D eigenvalue weighted by Gasteiger charge is 2.22. The third-order valence-corrected chi connectivity index (χ3v) is 3.18. The second kappa shape index (κ2) is 5.85. The first-order valence-corrected chi connectivity index (χ1v) is 5.91. The number of rotatable bonds is 5. The molecule has 0 spiro atoms. The SMILES string of the molecule is COc1cc(CNC(C)(C)C(C)O)ccc1C#N. The number of benzene rings is 1. The molecule has 0 fully saturated rings. The molecule has 4 heteroatoms. The molecule has 1 aromatic carbocycles. The third kappa shape index (κ3) is 3.46. The molecule has 0 radical (unpaired) electrons. The van der Waals surface area contributed by atoms with Gasteiger partial charge in [-0.05, 0) is 38.5 Å². The van der Waals surface area contributed by atoms with Crippen LogP contribution in [0.2, 0.25) is 0 Å². The lowest BCUT2D eigenvalue weighted by Gasteiger charge is -2.29. The summed E-state index contributed by atoms with van der Waals surface area (Å²) < 4.78 is 5.16. The molecular formula is C14H20N2O2. The van der Waals surface area contributed by atoms with Gasteiger partial charge in [0.25, 0.3) is 0 Å². The summed E-state index contributed by atoms with van der Waals surface area (Å²) in [5, 5.41) is 21.8. The first-order valence-electron chi connectivity index (χ1n) is 5.91. The van der Waals surface area contributed by atoms with E-state index in [0.29, 0.717) is 17.9 Å². The molecule has 0 heterocycles. The van der Waals surface area contributed by atoms with Crippen molar-refractivity contribution in [3.05, 3.63) is 29.3 Å². The van der Waals surface area contributed by atoms with Crippen LogP contribution in [0.5, 0.6) is 5.75 Å². The lowest BCUT2D eigenvalue weighted by Crippen LogP contribution is -2.47. The molecule has 18 heavy (non-hydrogen) atoms. The van der Waals surface area contributed by atoms with Crippen molar-refractivity contribution in [2.24, 2.45) is 0 Å². The lowest BCUT2D eigenvalue weighted by atomic mass is 9.98. The molecule has 2 N–H and O–H groups in total. The van der Waals surface area contributed by atoms with Crippen LogP contribution >= 0.6 is 0 Å². The van der Waals surface area contributed by atoms with Crippen molar-refractivity contribution in [3.8, 4) is 11.8 Å². The van der Waals surface area contributed by atoms with Gasteiger partial charge in [0.1, 0.15) is 11.8 Å². The topological polar surface area (TPSA) is 65.3 Å². The van der Waals surface area contributed by atoms with E-state index >= 15 is 0 Å². The summed E-state index contributed by atoms with van der Waals surface area (Å²) >= 11 is 0. The minimum absolute atomic E-state index is 0.360. The summed E-state index contributed by atoms with van der Waals surface area (Å²) in [4.78, 5) is 0. The Morgan fingerprint density at radius 1 is 1.50 bits per heavy atom. The Bertz CT molecular complexity index is 448. The maximum atomic E-state index is 9.61. The molecule has 0 saturated carbocycles. The first-order chi connectivity index (χ1) is 8.40. The number of ether oxygens (including phenoxy) is 1. The molecule has 0 aliphatic carbocycles. The van der Waals surface area contributed by atoms with Gasteiger partial charge >= 0.3 is 0 Å². The van der Waals surface area contributed by atoms with Gasteiger partial charge in [0.2, 0.25) is 0 Å². The predicted octanol–water partition coefficient (Wildman–Crippen LogP) is 1.82. The smallest absolute Gasteiger partial charge is 0.136 e. The fourth-order valence-electron chi connectivity index (χ4n) is 1.42. The van der Waals surface area contributed by atoms with Crippen LogP contribution < -0.4 is 10.1 Å². The van der Waals surface area contributed by atoms with E-state index in [9.17, 15) is 5.11 Å². The summed E-state index contributed by atoms with van der Waals surface area (Å²) in [6, 6.07) is 7.54. The van der Waals surface area contributed by atoms with Crippen molar-refractivity contribution >= 4 is 0 Å². The molecule has 98 valence electrons. The Morgan fingerprint density at radius 3 is 2.67 bits per heavy atom. The zero-order valence-corrected chi connectivity index (χ0v) is 11.3. The van der Waals surface area contributed by atoms with E-state index < -0.39 is 6.10 Å². The lowest BCUT2D eigenvalue weighted by molar-refractivity contribution is 0.0956. The molecule has 0 bridgehead atoms. The Kier molecular flexibility index (Phi) is 4.71. The highest BCUT2D eigenvalue weighted by molar-refractivity contribution is 5.45. The maximum Gasteiger partial charge on any atom is 0.136 e. The van der Waals surface area contributed by atoms with Crippen LogP contribution in [0, 0.1) is 11.3 Å². The number of nitrogens with one attached hydrogen (secondary N) is 1. The molecule has 0 aliphatic rings. The zero-order chi connectivity index (χ0) is 13.8. The molecule has 1 atom stereocenters. The van der Waals surface area contributed by atoms with Crippen molar-refractivity contribution in [1.82, 2.24) is 5.32 Å². The van der Waals surface area contributed by atoms with E-state index in [1.54, 1.807) is 20.1 Å². The van der Waals surface area contributed by atoms with Crippen LogP contribution in [-0.4, -0.2) is 23.9 Å². The Balaban J connectivity index is 2.78. The fourth-order valence-corrected chi connectivity index (χ4v) is 1.42. The normalized spacial score (nSPS) is 12.9. The number of hydrogen-bond donors (Lipinski definition) is 2. The number of methoxy groups -OCH3 is 1. The largest absolute Gasteiger partial charge is 0.495 e. The molecule has 0 amide bonds. The van der Waals surface area contributed by atoms with E-state index in [-0.39, 0.29) is 5.54 Å². The van der Waals surface area contributed by atoms with Gasteiger partial charge in [-0.2, -0.15) is 5.26 Å². The summed E-state index contributed by atoms with van der Waals surface area (Å²) in [5.41, 5.74) is 1.18. The molecule has 0 aliphatic heterocycles. The summed E-state index contributed by atoms with van der Waals surface area (Å²) in [5.74, 6) is 0.576. The first kappa shape index (κ1) is 14.5. The molecule has 0 saturated heterocycles. The Hall–Kier alpha value is -1.57. The van der Waals surface area contributed by atoms with Crippen LogP contribution in [0.3, 0.4) is 0 Å². The van der Waals surface area contributed by atoms with Gasteiger partial charge in [-0.1, -0.05) is 6.07 Å². The van der Waals surface area contributed by atoms with Gasteiger partial charge in [0.15, 0.2) is 0 Å². The minimum Gasteiger partial charge on any atom is -0.495 e. The second-order valence-corrected chi connectivity index (χ2v) is 4.90. The summed E-state index contributed by atoms with van der Waals surface area (Å²) in [6.45, 7) is 6.25. The van der Waals surface area contributed by atoms with Gasteiger partial charge in [0.05, 0.1) is 18.8 Å². The monoisotopic (exact) mass is 248 g/mol. The fraction of sp³-hybridized carbons (Fsp3) is 0.500. The van der Waals surface area contributed by atoms with E-state index in [1.807, 2.05) is 26.0 Å². The predicted molar refractivity (Wildman–Crippen MR) is 70.3 cm³/mol. The van der Waals surface area contributed by atoms with Gasteiger partial charge in [0, 0.05) is 12.1 Å². The van der Waals surface area contributed by atoms with Crippen LogP contribution in [0.4, 0.5) is 0 Å². The van der Waals surface area contributed by atoms with Crippen molar-refractivity contribution < 1.29 is 9.84 Å². The maximum absolute atomic E-state index is 9.61. The second-order valence-electron chi connectivity index (χ2n) is 4.90. The van der Waals surface area contributed by atoms with Gasteiger partial charge in [-0.3, -0.25) is 0 Å². The number of aliphatic hydroxyl groups excluding tert-OH is 1. The quantitative estimate of drug-likeness (QED) is 0.834. The van der Waals surface area contributed by atoms with E-state index in [0.717, 1.165) is 5.56 Å². The third-order valence-electron chi connectivity index (χ3n) is 3.18. The van der Waals surface area contributed by atoms with Gasteiger partial charge in [-0.25, -0.2) is 0 Å². The Morgan fingerprint density at radius 2 is 2.17 bits per heavy atom. The highest BCUT2D eigenvalue weighted by atomic mass is 16.5. The van der Waals surface area contributed by atoms with Crippen molar-refractivity contribution in [2.45, 2.75) is 39.0 Å². The number of aliphatic hydroxyl groups is 1. The molecule has 1 rings (SSSR count). The minimum atomic E-state index is -0.447. The standard InChI is InChI=1S/C14H20N2O2/c1-10(17)14(2,3)16-9-11-5-6-12(8-15)13(7-11)18-4/h5-7,10,16-17H,9H2,1-4H3. The van der Waals surface area contributed by atoms with E-state index in [1.165, 1.54) is 0 Å². The average molecular weight is 248 g/mol. The zero-order valence-electron chi connectivity index (χ0n) is 11.3. The molecule has 1 unspecified atom stereocenters. The van der Waals surface area contributed by atoms with Gasteiger partial charge < -0.3 is 15.2 Å². The Labute approximate surface area is 108 Å². The molecular weight excluding hydrogens is 228 g/mol. The molecule has 0 aromatic heterocycles.